The zero-order chi connectivity index (χ0) is 9.68. The lowest BCUT2D eigenvalue weighted by Crippen LogP contribution is -2.27. The summed E-state index contributed by atoms with van der Waals surface area (Å²) < 4.78 is 0. The monoisotopic (exact) mass is 174 g/mol. The van der Waals surface area contributed by atoms with Crippen LogP contribution in [0.15, 0.2) is 24.5 Å². The van der Waals surface area contributed by atoms with Gasteiger partial charge in [0, 0.05) is 18.4 Å². The van der Waals surface area contributed by atoms with Gasteiger partial charge in [0.2, 0.25) is 0 Å². The average molecular weight is 174 g/mol. The Bertz CT molecular complexity index is 287. The first-order valence-electron chi connectivity index (χ1n) is 4.36. The quantitative estimate of drug-likeness (QED) is 0.706. The van der Waals surface area contributed by atoms with Crippen molar-refractivity contribution in [3.63, 3.8) is 0 Å². The van der Waals surface area contributed by atoms with Crippen LogP contribution in [0.3, 0.4) is 0 Å². The van der Waals surface area contributed by atoms with Gasteiger partial charge in [0.15, 0.2) is 0 Å². The summed E-state index contributed by atoms with van der Waals surface area (Å²) in [6, 6.07) is 4.30. The van der Waals surface area contributed by atoms with Crippen LogP contribution in [-0.4, -0.2) is 11.0 Å². The Balaban J connectivity index is 2.60. The predicted molar refractivity (Wildman–Crippen MR) is 54.1 cm³/mol. The zero-order valence-corrected chi connectivity index (χ0v) is 7.99. The number of nitrogens with zero attached hydrogens (tertiary/aromatic N) is 1. The van der Waals surface area contributed by atoms with Crippen LogP contribution >= 0.6 is 0 Å². The van der Waals surface area contributed by atoms with Gasteiger partial charge in [-0.2, -0.15) is 0 Å². The Labute approximate surface area is 79.4 Å². The van der Waals surface area contributed by atoms with Crippen LogP contribution in [0.5, 0.6) is 0 Å². The minimum atomic E-state index is 0.0928. The first-order chi connectivity index (χ1) is 6.24. The molecule has 0 saturated carbocycles. The van der Waals surface area contributed by atoms with E-state index in [-0.39, 0.29) is 12.1 Å². The van der Waals surface area contributed by atoms with Crippen molar-refractivity contribution < 1.29 is 0 Å². The highest BCUT2D eigenvalue weighted by molar-refractivity contribution is 5.14. The molecule has 1 aromatic rings. The lowest BCUT2D eigenvalue weighted by Gasteiger charge is -2.15. The van der Waals surface area contributed by atoms with Gasteiger partial charge in [0.1, 0.15) is 0 Å². The highest BCUT2D eigenvalue weighted by atomic mass is 14.9. The molecule has 2 atom stereocenters. The number of nitrogens with one attached hydrogen (secondary N) is 1. The molecule has 0 spiro atoms. The predicted octanol–water partition coefficient (Wildman–Crippen LogP) is 1.75. The van der Waals surface area contributed by atoms with Gasteiger partial charge in [-0.1, -0.05) is 12.0 Å². The zero-order valence-electron chi connectivity index (χ0n) is 7.99. The van der Waals surface area contributed by atoms with Crippen LogP contribution in [0.4, 0.5) is 0 Å². The van der Waals surface area contributed by atoms with Gasteiger partial charge in [0.05, 0.1) is 6.04 Å². The van der Waals surface area contributed by atoms with Crippen LogP contribution in [0, 0.1) is 12.3 Å². The Kier molecular flexibility index (Phi) is 3.48. The molecular formula is C11H14N2. The highest BCUT2D eigenvalue weighted by Crippen LogP contribution is 2.09. The summed E-state index contributed by atoms with van der Waals surface area (Å²) >= 11 is 0. The average Bonchev–Trinajstić information content (AvgIpc) is 2.19. The maximum atomic E-state index is 5.27. The van der Waals surface area contributed by atoms with E-state index in [2.05, 4.69) is 23.1 Å². The molecule has 1 N–H and O–H groups in total. The Morgan fingerprint density at radius 3 is 2.85 bits per heavy atom. The van der Waals surface area contributed by atoms with Crippen LogP contribution in [-0.2, 0) is 0 Å². The van der Waals surface area contributed by atoms with E-state index < -0.39 is 0 Å². The number of hydrogen-bond donors (Lipinski definition) is 1. The first-order valence-corrected chi connectivity index (χ1v) is 4.36. The van der Waals surface area contributed by atoms with Crippen LogP contribution in [0.2, 0.25) is 0 Å². The minimum Gasteiger partial charge on any atom is -0.297 e. The van der Waals surface area contributed by atoms with Gasteiger partial charge in [0.25, 0.3) is 0 Å². The van der Waals surface area contributed by atoms with Crippen LogP contribution < -0.4 is 5.32 Å². The number of hydrogen-bond acceptors (Lipinski definition) is 2. The summed E-state index contributed by atoms with van der Waals surface area (Å²) in [5.74, 6) is 2.63. The van der Waals surface area contributed by atoms with Gasteiger partial charge in [-0.05, 0) is 25.5 Å². The Hall–Kier alpha value is -1.33. The third-order valence-electron chi connectivity index (χ3n) is 1.93. The molecule has 0 bridgehead atoms. The molecule has 13 heavy (non-hydrogen) atoms. The van der Waals surface area contributed by atoms with E-state index in [1.54, 1.807) is 6.20 Å². The summed E-state index contributed by atoms with van der Waals surface area (Å²) in [5.41, 5.74) is 1.16. The van der Waals surface area contributed by atoms with Crippen LogP contribution in [0.25, 0.3) is 0 Å². The summed E-state index contributed by atoms with van der Waals surface area (Å²) in [6.45, 7) is 4.04. The third-order valence-corrected chi connectivity index (χ3v) is 1.93. The van der Waals surface area contributed by atoms with Crippen molar-refractivity contribution in [3.05, 3.63) is 30.1 Å². The number of terminal acetylenes is 1. The SMILES string of the molecule is C#CC(C)NC(C)c1cccnc1. The highest BCUT2D eigenvalue weighted by Gasteiger charge is 2.06. The van der Waals surface area contributed by atoms with E-state index in [4.69, 9.17) is 6.42 Å². The molecule has 0 aromatic carbocycles. The fourth-order valence-electron chi connectivity index (χ4n) is 1.15. The Morgan fingerprint density at radius 2 is 2.31 bits per heavy atom. The molecule has 1 aromatic heterocycles. The van der Waals surface area contributed by atoms with E-state index in [9.17, 15) is 0 Å². The lowest BCUT2D eigenvalue weighted by atomic mass is 10.1. The van der Waals surface area contributed by atoms with E-state index in [1.807, 2.05) is 25.3 Å². The summed E-state index contributed by atoms with van der Waals surface area (Å²) in [4.78, 5) is 4.05. The van der Waals surface area contributed by atoms with Gasteiger partial charge in [-0.15, -0.1) is 6.42 Å². The van der Waals surface area contributed by atoms with Crippen molar-refractivity contribution in [1.82, 2.24) is 10.3 Å². The maximum absolute atomic E-state index is 5.27. The number of rotatable bonds is 3. The molecule has 68 valence electrons. The van der Waals surface area contributed by atoms with Gasteiger partial charge in [-0.25, -0.2) is 0 Å². The second-order valence-electron chi connectivity index (χ2n) is 3.06. The van der Waals surface area contributed by atoms with E-state index in [1.165, 1.54) is 0 Å². The number of aromatic nitrogens is 1. The second-order valence-corrected chi connectivity index (χ2v) is 3.06. The largest absolute Gasteiger partial charge is 0.297 e. The van der Waals surface area contributed by atoms with E-state index in [0.29, 0.717) is 0 Å². The first kappa shape index (κ1) is 9.76. The molecule has 0 aliphatic heterocycles. The topological polar surface area (TPSA) is 24.9 Å². The number of pyridine rings is 1. The molecule has 1 heterocycles. The van der Waals surface area contributed by atoms with Crippen molar-refractivity contribution in [1.29, 1.82) is 0 Å². The molecule has 0 aliphatic carbocycles. The fourth-order valence-corrected chi connectivity index (χ4v) is 1.15. The van der Waals surface area contributed by atoms with Crippen LogP contribution in [0.1, 0.15) is 25.5 Å². The molecule has 0 amide bonds. The molecule has 0 aliphatic rings. The van der Waals surface area contributed by atoms with Crippen molar-refractivity contribution in [2.75, 3.05) is 0 Å². The molecular weight excluding hydrogens is 160 g/mol. The van der Waals surface area contributed by atoms with Crippen molar-refractivity contribution in [2.24, 2.45) is 0 Å². The van der Waals surface area contributed by atoms with Gasteiger partial charge in [-0.3, -0.25) is 10.3 Å². The molecule has 2 unspecified atom stereocenters. The van der Waals surface area contributed by atoms with Gasteiger partial charge < -0.3 is 0 Å². The van der Waals surface area contributed by atoms with E-state index in [0.717, 1.165) is 5.56 Å². The summed E-state index contributed by atoms with van der Waals surface area (Å²) in [5, 5.41) is 3.27. The third kappa shape index (κ3) is 2.89. The molecule has 0 radical (unpaired) electrons. The molecule has 2 nitrogen and oxygen atoms in total. The molecule has 0 saturated heterocycles. The maximum Gasteiger partial charge on any atom is 0.0662 e. The normalized spacial score (nSPS) is 14.5. The molecule has 1 rings (SSSR count). The van der Waals surface area contributed by atoms with E-state index >= 15 is 0 Å². The van der Waals surface area contributed by atoms with Crippen molar-refractivity contribution >= 4 is 0 Å². The summed E-state index contributed by atoms with van der Waals surface area (Å²) in [6.07, 6.45) is 8.88. The Morgan fingerprint density at radius 1 is 1.54 bits per heavy atom. The smallest absolute Gasteiger partial charge is 0.0662 e. The standard InChI is InChI=1S/C11H14N2/c1-4-9(2)13-10(3)11-6-5-7-12-8-11/h1,5-10,13H,2-3H3. The van der Waals surface area contributed by atoms with Gasteiger partial charge >= 0.3 is 0 Å². The summed E-state index contributed by atoms with van der Waals surface area (Å²) in [7, 11) is 0. The lowest BCUT2D eigenvalue weighted by molar-refractivity contribution is 0.545. The minimum absolute atomic E-state index is 0.0928. The second kappa shape index (κ2) is 4.64. The van der Waals surface area contributed by atoms with Crippen molar-refractivity contribution in [3.8, 4) is 12.3 Å². The molecule has 0 fully saturated rings. The molecule has 2 heteroatoms. The van der Waals surface area contributed by atoms with Crippen molar-refractivity contribution in [2.45, 2.75) is 25.9 Å². The fraction of sp³-hybridized carbons (Fsp3) is 0.364.